The number of rotatable bonds is 7. The normalized spacial score (nSPS) is 21.7. The number of piperidine rings is 1. The van der Waals surface area contributed by atoms with Gasteiger partial charge in [-0.25, -0.2) is 5.06 Å². The van der Waals surface area contributed by atoms with Gasteiger partial charge in [0.15, 0.2) is 0 Å². The fraction of sp³-hybridized carbons (Fsp3) is 0.367. The van der Waals surface area contributed by atoms with Crippen LogP contribution in [0.25, 0.3) is 0 Å². The number of carbonyl (C=O) groups is 2. The van der Waals surface area contributed by atoms with Gasteiger partial charge in [0.1, 0.15) is 5.54 Å². The Morgan fingerprint density at radius 3 is 2.51 bits per heavy atom. The summed E-state index contributed by atoms with van der Waals surface area (Å²) >= 11 is 12.4. The molecule has 2 unspecified atom stereocenters. The van der Waals surface area contributed by atoms with Crippen LogP contribution in [0.4, 0.5) is 0 Å². The van der Waals surface area contributed by atoms with E-state index >= 15 is 0 Å². The van der Waals surface area contributed by atoms with Crippen molar-refractivity contribution in [3.8, 4) is 0 Å². The summed E-state index contributed by atoms with van der Waals surface area (Å²) in [6, 6.07) is 16.3. The molecule has 2 aliphatic heterocycles. The summed E-state index contributed by atoms with van der Waals surface area (Å²) in [4.78, 5) is 38.8. The predicted octanol–water partition coefficient (Wildman–Crippen LogP) is 5.37. The first-order valence-electron chi connectivity index (χ1n) is 13.1. The third-order valence-electron chi connectivity index (χ3n) is 8.02. The molecule has 0 aliphatic carbocycles. The topological polar surface area (TPSA) is 83.0 Å². The summed E-state index contributed by atoms with van der Waals surface area (Å²) in [5.41, 5.74) is 2.41. The number of nitrogens with zero attached hydrogens (tertiary/aromatic N) is 3. The molecule has 7 nitrogen and oxygen atoms in total. The highest BCUT2D eigenvalue weighted by Crippen LogP contribution is 2.50. The van der Waals surface area contributed by atoms with E-state index in [9.17, 15) is 14.7 Å². The number of aliphatic hydroxyl groups excluding tert-OH is 1. The highest BCUT2D eigenvalue weighted by molar-refractivity contribution is 6.30. The molecule has 5 rings (SSSR count). The molecule has 3 aromatic rings. The second-order valence-electron chi connectivity index (χ2n) is 10.1. The Morgan fingerprint density at radius 2 is 1.87 bits per heavy atom. The van der Waals surface area contributed by atoms with Crippen molar-refractivity contribution in [2.75, 3.05) is 20.3 Å². The van der Waals surface area contributed by atoms with E-state index < -0.39 is 11.5 Å². The van der Waals surface area contributed by atoms with Crippen molar-refractivity contribution in [3.63, 3.8) is 0 Å². The number of carbonyl (C=O) groups excluding carboxylic acids is 2. The summed E-state index contributed by atoms with van der Waals surface area (Å²) in [5.74, 6) is -0.713. The van der Waals surface area contributed by atoms with Crippen LogP contribution < -0.4 is 0 Å². The third-order valence-corrected chi connectivity index (χ3v) is 8.49. The first-order chi connectivity index (χ1) is 18.8. The third kappa shape index (κ3) is 4.82. The molecule has 1 fully saturated rings. The number of hydrogen-bond acceptors (Lipinski definition) is 5. The van der Waals surface area contributed by atoms with Gasteiger partial charge in [-0.2, -0.15) is 0 Å². The van der Waals surface area contributed by atoms with Crippen LogP contribution in [0, 0.1) is 0 Å². The van der Waals surface area contributed by atoms with Crippen molar-refractivity contribution >= 4 is 35.0 Å². The van der Waals surface area contributed by atoms with Crippen molar-refractivity contribution < 1.29 is 19.5 Å². The number of hydroxylamine groups is 2. The maximum Gasteiger partial charge on any atom is 0.279 e. The van der Waals surface area contributed by atoms with E-state index in [1.165, 1.54) is 12.2 Å². The van der Waals surface area contributed by atoms with Gasteiger partial charge in [-0.05, 0) is 60.7 Å². The highest BCUT2D eigenvalue weighted by atomic mass is 35.5. The van der Waals surface area contributed by atoms with Gasteiger partial charge in [0.05, 0.1) is 18.7 Å². The van der Waals surface area contributed by atoms with Gasteiger partial charge in [0.2, 0.25) is 5.91 Å². The van der Waals surface area contributed by atoms with Crippen LogP contribution in [-0.4, -0.2) is 58.2 Å². The summed E-state index contributed by atoms with van der Waals surface area (Å²) in [5, 5.41) is 13.3. The molecular formula is C30H31Cl2N3O4. The molecule has 204 valence electrons. The number of hydrogen-bond donors (Lipinski definition) is 1. The summed E-state index contributed by atoms with van der Waals surface area (Å²) < 4.78 is 0. The molecule has 0 spiro atoms. The van der Waals surface area contributed by atoms with Crippen LogP contribution in [0.15, 0.2) is 60.8 Å². The minimum atomic E-state index is -1.12. The number of benzene rings is 2. The van der Waals surface area contributed by atoms with E-state index in [0.717, 1.165) is 36.0 Å². The standard InChI is InChI=1S/C30H31Cl2N3O4/c1-19(37)34-15-4-3-8-27(34)26(18-36)24-6-5-7-25-28(24)30(35(39-2)29(25)38,20-9-11-21(31)12-10-20)16-23-14-13-22(32)17-33-23/h5-7,9-14,17,26-27,36H,3-4,8,15-16,18H2,1-2H3/t26?,27?,30-/m1/s1. The van der Waals surface area contributed by atoms with Gasteiger partial charge in [-0.15, -0.1) is 0 Å². The first-order valence-corrected chi connectivity index (χ1v) is 13.8. The van der Waals surface area contributed by atoms with Crippen molar-refractivity contribution in [1.82, 2.24) is 14.9 Å². The molecule has 2 aliphatic rings. The zero-order chi connectivity index (χ0) is 27.7. The maximum absolute atomic E-state index is 13.9. The number of aliphatic hydroxyl groups is 1. The van der Waals surface area contributed by atoms with Gasteiger partial charge >= 0.3 is 0 Å². The van der Waals surface area contributed by atoms with Crippen molar-refractivity contribution in [2.45, 2.75) is 50.1 Å². The second-order valence-corrected chi connectivity index (χ2v) is 11.0. The van der Waals surface area contributed by atoms with E-state index in [-0.39, 0.29) is 30.9 Å². The molecule has 2 aromatic carbocycles. The number of aromatic nitrogens is 1. The first kappa shape index (κ1) is 27.6. The van der Waals surface area contributed by atoms with Crippen LogP contribution in [0.2, 0.25) is 10.0 Å². The number of amides is 2. The molecule has 1 N–H and O–H groups in total. The minimum absolute atomic E-state index is 0.0188. The molecule has 0 radical (unpaired) electrons. The van der Waals surface area contributed by atoms with Crippen molar-refractivity contribution in [1.29, 1.82) is 0 Å². The van der Waals surface area contributed by atoms with Crippen LogP contribution in [0.5, 0.6) is 0 Å². The fourth-order valence-electron chi connectivity index (χ4n) is 6.36. The lowest BCUT2D eigenvalue weighted by atomic mass is 9.73. The molecule has 1 saturated heterocycles. The Kier molecular flexibility index (Phi) is 7.96. The lowest BCUT2D eigenvalue weighted by Crippen LogP contribution is -2.49. The van der Waals surface area contributed by atoms with E-state index in [1.807, 2.05) is 35.2 Å². The largest absolute Gasteiger partial charge is 0.396 e. The van der Waals surface area contributed by atoms with Crippen molar-refractivity contribution in [2.24, 2.45) is 0 Å². The quantitative estimate of drug-likeness (QED) is 0.415. The molecule has 0 bridgehead atoms. The number of fused-ring (bicyclic) bond motifs is 1. The predicted molar refractivity (Wildman–Crippen MR) is 150 cm³/mol. The van der Waals surface area contributed by atoms with Crippen LogP contribution in [0.3, 0.4) is 0 Å². The molecule has 2 amide bonds. The SMILES string of the molecule is CON1C(=O)c2cccc(C(CO)C3CCCCN3C(C)=O)c2[C@@]1(Cc1ccc(Cl)cn1)c1ccc(Cl)cc1. The number of pyridine rings is 1. The molecule has 39 heavy (non-hydrogen) atoms. The zero-order valence-corrected chi connectivity index (χ0v) is 23.5. The molecular weight excluding hydrogens is 537 g/mol. The van der Waals surface area contributed by atoms with Gasteiger partial charge in [0.25, 0.3) is 5.91 Å². The Balaban J connectivity index is 1.77. The van der Waals surface area contributed by atoms with Gasteiger partial charge < -0.3 is 10.0 Å². The fourth-order valence-corrected chi connectivity index (χ4v) is 6.60. The van der Waals surface area contributed by atoms with Gasteiger partial charge in [0, 0.05) is 59.9 Å². The summed E-state index contributed by atoms with van der Waals surface area (Å²) in [6.07, 6.45) is 4.52. The maximum atomic E-state index is 13.9. The van der Waals surface area contributed by atoms with Gasteiger partial charge in [-0.3, -0.25) is 19.4 Å². The average Bonchev–Trinajstić information content (AvgIpc) is 3.19. The Bertz CT molecular complexity index is 1370. The van der Waals surface area contributed by atoms with Crippen LogP contribution >= 0.6 is 23.2 Å². The number of likely N-dealkylation sites (tertiary alicyclic amines) is 1. The summed E-state index contributed by atoms with van der Waals surface area (Å²) in [7, 11) is 1.48. The van der Waals surface area contributed by atoms with E-state index in [1.54, 1.807) is 37.4 Å². The highest BCUT2D eigenvalue weighted by Gasteiger charge is 2.54. The molecule has 3 heterocycles. The Morgan fingerprint density at radius 1 is 1.13 bits per heavy atom. The minimum Gasteiger partial charge on any atom is -0.396 e. The average molecular weight is 569 g/mol. The van der Waals surface area contributed by atoms with Crippen LogP contribution in [0.1, 0.15) is 64.8 Å². The molecule has 0 saturated carbocycles. The van der Waals surface area contributed by atoms with Gasteiger partial charge in [-0.1, -0.05) is 47.5 Å². The zero-order valence-electron chi connectivity index (χ0n) is 21.9. The Labute approximate surface area is 238 Å². The smallest absolute Gasteiger partial charge is 0.279 e. The Hall–Kier alpha value is -2.97. The summed E-state index contributed by atoms with van der Waals surface area (Å²) in [6.45, 7) is 2.04. The molecule has 9 heteroatoms. The lowest BCUT2D eigenvalue weighted by molar-refractivity contribution is -0.146. The second kappa shape index (κ2) is 11.3. The monoisotopic (exact) mass is 567 g/mol. The van der Waals surface area contributed by atoms with E-state index in [4.69, 9.17) is 28.0 Å². The van der Waals surface area contributed by atoms with Crippen molar-refractivity contribution in [3.05, 3.63) is 98.8 Å². The molecule has 1 aromatic heterocycles. The van der Waals surface area contributed by atoms with E-state index in [0.29, 0.717) is 27.8 Å². The van der Waals surface area contributed by atoms with Crippen LogP contribution in [-0.2, 0) is 21.6 Å². The molecule has 3 atom stereocenters. The lowest BCUT2D eigenvalue weighted by Gasteiger charge is -2.43. The number of halogens is 2. The van der Waals surface area contributed by atoms with E-state index in [2.05, 4.69) is 4.98 Å².